The lowest BCUT2D eigenvalue weighted by Crippen LogP contribution is -2.15. The molecule has 0 spiro atoms. The number of hydrogen-bond donors (Lipinski definition) is 1. The van der Waals surface area contributed by atoms with Crippen LogP contribution in [0, 0.1) is 13.8 Å². The first-order chi connectivity index (χ1) is 18.8. The van der Waals surface area contributed by atoms with Crippen LogP contribution in [0.5, 0.6) is 11.5 Å². The maximum absolute atomic E-state index is 12.9. The van der Waals surface area contributed by atoms with Gasteiger partial charge in [-0.1, -0.05) is 30.3 Å². The Morgan fingerprint density at radius 3 is 2.33 bits per heavy atom. The van der Waals surface area contributed by atoms with Crippen LogP contribution in [-0.2, 0) is 11.4 Å². The van der Waals surface area contributed by atoms with Crippen LogP contribution in [0.1, 0.15) is 34.0 Å². The molecule has 0 unspecified atom stereocenters. The Labute approximate surface area is 223 Å². The van der Waals surface area contributed by atoms with Crippen molar-refractivity contribution in [1.82, 2.24) is 0 Å². The molecule has 0 radical (unpaired) electrons. The number of benzene rings is 3. The number of ether oxygens (including phenoxy) is 2. The van der Waals surface area contributed by atoms with E-state index in [0.29, 0.717) is 35.0 Å². The van der Waals surface area contributed by atoms with Gasteiger partial charge in [-0.25, -0.2) is 9.59 Å². The first-order valence-electron chi connectivity index (χ1n) is 12.2. The highest BCUT2D eigenvalue weighted by atomic mass is 16.5. The second-order valence-corrected chi connectivity index (χ2v) is 9.03. The summed E-state index contributed by atoms with van der Waals surface area (Å²) in [5, 5.41) is 3.40. The second kappa shape index (κ2) is 10.7. The summed E-state index contributed by atoms with van der Waals surface area (Å²) < 4.78 is 23.1. The molecule has 196 valence electrons. The van der Waals surface area contributed by atoms with Gasteiger partial charge in [-0.15, -0.1) is 0 Å². The third kappa shape index (κ3) is 5.60. The minimum absolute atomic E-state index is 0.101. The molecule has 3 aromatic carbocycles. The summed E-state index contributed by atoms with van der Waals surface area (Å²) in [5.74, 6) is 0.372. The normalized spacial score (nSPS) is 10.8. The smallest absolute Gasteiger partial charge is 0.343 e. The van der Waals surface area contributed by atoms with E-state index in [4.69, 9.17) is 18.3 Å². The Morgan fingerprint density at radius 1 is 0.872 bits per heavy atom. The fourth-order valence-corrected chi connectivity index (χ4v) is 4.12. The van der Waals surface area contributed by atoms with Crippen molar-refractivity contribution in [2.24, 2.45) is 0 Å². The van der Waals surface area contributed by atoms with E-state index in [1.165, 1.54) is 26.0 Å². The van der Waals surface area contributed by atoms with Gasteiger partial charge in [0.15, 0.2) is 11.5 Å². The Bertz CT molecular complexity index is 1730. The minimum Gasteiger partial charge on any atom is -0.489 e. The molecule has 5 aromatic rings. The van der Waals surface area contributed by atoms with E-state index in [0.717, 1.165) is 10.9 Å². The van der Waals surface area contributed by atoms with Crippen molar-refractivity contribution < 1.29 is 27.9 Å². The summed E-state index contributed by atoms with van der Waals surface area (Å²) in [7, 11) is 0. The van der Waals surface area contributed by atoms with E-state index >= 15 is 0 Å². The zero-order valence-corrected chi connectivity index (χ0v) is 21.6. The quantitative estimate of drug-likeness (QED) is 0.245. The number of carbonyl (C=O) groups is 2. The first-order valence-corrected chi connectivity index (χ1v) is 12.2. The maximum atomic E-state index is 12.9. The van der Waals surface area contributed by atoms with Crippen molar-refractivity contribution in [2.75, 3.05) is 5.32 Å². The van der Waals surface area contributed by atoms with Gasteiger partial charge >= 0.3 is 11.6 Å². The zero-order valence-electron chi connectivity index (χ0n) is 21.6. The van der Waals surface area contributed by atoms with E-state index in [1.54, 1.807) is 37.3 Å². The molecule has 0 aliphatic carbocycles. The van der Waals surface area contributed by atoms with Crippen LogP contribution in [0.25, 0.3) is 22.5 Å². The molecule has 5 rings (SSSR count). The van der Waals surface area contributed by atoms with Crippen LogP contribution < -0.4 is 20.4 Å². The van der Waals surface area contributed by atoms with Gasteiger partial charge in [0.1, 0.15) is 23.7 Å². The van der Waals surface area contributed by atoms with E-state index in [-0.39, 0.29) is 28.5 Å². The minimum atomic E-state index is -0.656. The molecule has 1 amide bonds. The summed E-state index contributed by atoms with van der Waals surface area (Å²) in [6, 6.07) is 23.3. The van der Waals surface area contributed by atoms with Crippen LogP contribution in [0.15, 0.2) is 92.5 Å². The number of amides is 1. The average Bonchev–Trinajstić information content (AvgIpc) is 3.35. The van der Waals surface area contributed by atoms with Crippen molar-refractivity contribution >= 4 is 28.5 Å². The summed E-state index contributed by atoms with van der Waals surface area (Å²) in [6.07, 6.45) is 0. The Balaban J connectivity index is 1.41. The summed E-state index contributed by atoms with van der Waals surface area (Å²) in [5.41, 5.74) is 2.39. The monoisotopic (exact) mass is 523 g/mol. The number of esters is 1. The van der Waals surface area contributed by atoms with Crippen molar-refractivity contribution in [3.05, 3.63) is 112 Å². The van der Waals surface area contributed by atoms with Crippen LogP contribution in [-0.4, -0.2) is 11.9 Å². The molecule has 2 aromatic heterocycles. The number of carbonyl (C=O) groups excluding carboxylic acids is 2. The lowest BCUT2D eigenvalue weighted by molar-refractivity contribution is -0.114. The number of hydrogen-bond acceptors (Lipinski definition) is 7. The molecule has 2 heterocycles. The van der Waals surface area contributed by atoms with Gasteiger partial charge in [0, 0.05) is 23.6 Å². The molecule has 0 saturated heterocycles. The van der Waals surface area contributed by atoms with Gasteiger partial charge in [0.25, 0.3) is 0 Å². The lowest BCUT2D eigenvalue weighted by Gasteiger charge is -2.12. The molecular formula is C31H25NO7. The van der Waals surface area contributed by atoms with Crippen molar-refractivity contribution in [3.8, 4) is 23.0 Å². The predicted octanol–water partition coefficient (Wildman–Crippen LogP) is 6.43. The summed E-state index contributed by atoms with van der Waals surface area (Å²) in [4.78, 5) is 36.8. The van der Waals surface area contributed by atoms with Gasteiger partial charge in [-0.2, -0.15) is 0 Å². The molecule has 8 nitrogen and oxygen atoms in total. The fraction of sp³-hybridized carbons (Fsp3) is 0.129. The number of anilines is 1. The topological polar surface area (TPSA) is 108 Å². The van der Waals surface area contributed by atoms with Crippen LogP contribution in [0.3, 0.4) is 0 Å². The van der Waals surface area contributed by atoms with E-state index in [9.17, 15) is 14.4 Å². The Hall–Kier alpha value is -5.11. The SMILES string of the molecule is CC(=O)Nc1ccc(C(=O)Oc2c(C)c(-c3cc4cc(OCc5ccccc5)ccc4o3)oc(=O)c2C)cc1. The predicted molar refractivity (Wildman–Crippen MR) is 146 cm³/mol. The third-order valence-electron chi connectivity index (χ3n) is 6.12. The zero-order chi connectivity index (χ0) is 27.5. The maximum Gasteiger partial charge on any atom is 0.343 e. The molecule has 39 heavy (non-hydrogen) atoms. The molecule has 0 fully saturated rings. The molecule has 0 saturated carbocycles. The number of rotatable bonds is 7. The molecule has 0 aliphatic rings. The molecule has 0 atom stereocenters. The van der Waals surface area contributed by atoms with E-state index < -0.39 is 11.6 Å². The van der Waals surface area contributed by atoms with Gasteiger partial charge in [-0.3, -0.25) is 4.79 Å². The highest BCUT2D eigenvalue weighted by molar-refractivity contribution is 5.93. The number of furan rings is 1. The van der Waals surface area contributed by atoms with Crippen LogP contribution in [0.4, 0.5) is 5.69 Å². The Morgan fingerprint density at radius 2 is 1.62 bits per heavy atom. The molecule has 1 N–H and O–H groups in total. The third-order valence-corrected chi connectivity index (χ3v) is 6.12. The Kier molecular flexibility index (Phi) is 7.01. The highest BCUT2D eigenvalue weighted by Gasteiger charge is 2.22. The average molecular weight is 524 g/mol. The van der Waals surface area contributed by atoms with Gasteiger partial charge < -0.3 is 23.6 Å². The van der Waals surface area contributed by atoms with E-state index in [2.05, 4.69) is 5.32 Å². The molecule has 0 bridgehead atoms. The van der Waals surface area contributed by atoms with E-state index in [1.807, 2.05) is 36.4 Å². The molecular weight excluding hydrogens is 498 g/mol. The highest BCUT2D eigenvalue weighted by Crippen LogP contribution is 2.35. The van der Waals surface area contributed by atoms with Crippen LogP contribution >= 0.6 is 0 Å². The fourth-order valence-electron chi connectivity index (χ4n) is 4.12. The summed E-state index contributed by atoms with van der Waals surface area (Å²) >= 11 is 0. The number of fused-ring (bicyclic) bond motifs is 1. The second-order valence-electron chi connectivity index (χ2n) is 9.03. The molecule has 0 aliphatic heterocycles. The molecule has 8 heteroatoms. The summed E-state index contributed by atoms with van der Waals surface area (Å²) in [6.45, 7) is 5.04. The van der Waals surface area contributed by atoms with Crippen molar-refractivity contribution in [1.29, 1.82) is 0 Å². The first kappa shape index (κ1) is 25.5. The van der Waals surface area contributed by atoms with Crippen molar-refractivity contribution in [2.45, 2.75) is 27.4 Å². The van der Waals surface area contributed by atoms with Crippen LogP contribution in [0.2, 0.25) is 0 Å². The van der Waals surface area contributed by atoms with Gasteiger partial charge in [-0.05, 0) is 67.9 Å². The number of nitrogens with one attached hydrogen (secondary N) is 1. The van der Waals surface area contributed by atoms with Gasteiger partial charge in [0.2, 0.25) is 5.91 Å². The largest absolute Gasteiger partial charge is 0.489 e. The van der Waals surface area contributed by atoms with Crippen molar-refractivity contribution in [3.63, 3.8) is 0 Å². The standard InChI is InChI=1S/C31H25NO7/c1-18-28(38-31(35)22-9-11-24(12-10-22)32-20(3)33)19(2)30(34)39-29(18)27-16-23-15-25(13-14-26(23)37-27)36-17-21-7-5-4-6-8-21/h4-16H,17H2,1-3H3,(H,32,33). The lowest BCUT2D eigenvalue weighted by atomic mass is 10.1. The van der Waals surface area contributed by atoms with Gasteiger partial charge in [0.05, 0.1) is 11.1 Å².